The molecular weight excluding hydrogens is 143 g/mol. The van der Waals surface area contributed by atoms with E-state index < -0.39 is 0 Å². The maximum atomic E-state index is 4.90. The normalized spacial score (nSPS) is 20.0. The minimum absolute atomic E-state index is 0.748. The molecule has 0 radical (unpaired) electrons. The molecule has 0 aromatic heterocycles. The Morgan fingerprint density at radius 2 is 2.67 bits per heavy atom. The third kappa shape index (κ3) is 1.03. The fourth-order valence-corrected chi connectivity index (χ4v) is 1.33. The zero-order valence-electron chi connectivity index (χ0n) is 3.39. The van der Waals surface area contributed by atoms with Crippen LogP contribution in [0.15, 0.2) is 11.2 Å². The summed E-state index contributed by atoms with van der Waals surface area (Å²) in [6, 6.07) is 0. The monoisotopic (exact) mass is 150 g/mol. The van der Waals surface area contributed by atoms with Gasteiger partial charge in [-0.1, -0.05) is 0 Å². The van der Waals surface area contributed by atoms with Gasteiger partial charge >= 0.3 is 42.9 Å². The van der Waals surface area contributed by atoms with Crippen LogP contribution in [0.1, 0.15) is 0 Å². The van der Waals surface area contributed by atoms with Crippen molar-refractivity contribution in [3.63, 3.8) is 0 Å². The first-order chi connectivity index (χ1) is 3.00. The van der Waals surface area contributed by atoms with Gasteiger partial charge in [-0.2, -0.15) is 0 Å². The third-order valence-corrected chi connectivity index (χ3v) is 2.05. The second kappa shape index (κ2) is 2.27. The molecule has 0 N–H and O–H groups in total. The van der Waals surface area contributed by atoms with Gasteiger partial charge in [-0.3, -0.25) is 0 Å². The van der Waals surface area contributed by atoms with Crippen LogP contribution in [0, 0.1) is 0 Å². The van der Waals surface area contributed by atoms with Gasteiger partial charge in [-0.25, -0.2) is 0 Å². The molecule has 1 heterocycles. The fraction of sp³-hybridized carbons (Fsp3) is 0.500. The van der Waals surface area contributed by atoms with E-state index in [0.717, 1.165) is 21.6 Å². The van der Waals surface area contributed by atoms with Crippen LogP contribution in [0.5, 0.6) is 0 Å². The second-order valence-electron chi connectivity index (χ2n) is 1.01. The van der Waals surface area contributed by atoms with Crippen molar-refractivity contribution in [2.75, 3.05) is 6.61 Å². The van der Waals surface area contributed by atoms with Crippen molar-refractivity contribution >= 4 is 15.0 Å². The summed E-state index contributed by atoms with van der Waals surface area (Å²) in [5, 5.41) is 1.25. The Kier molecular flexibility index (Phi) is 1.60. The van der Waals surface area contributed by atoms with Crippen LogP contribution in [-0.2, 0) is 4.74 Å². The Morgan fingerprint density at radius 3 is 2.83 bits per heavy atom. The van der Waals surface area contributed by atoms with Crippen molar-refractivity contribution in [2.45, 2.75) is 5.32 Å². The van der Waals surface area contributed by atoms with Gasteiger partial charge in [0.05, 0.1) is 0 Å². The molecule has 0 spiro atoms. The van der Waals surface area contributed by atoms with Crippen molar-refractivity contribution < 1.29 is 4.74 Å². The molecule has 0 unspecified atom stereocenters. The zero-order chi connectivity index (χ0) is 4.24. The van der Waals surface area contributed by atoms with E-state index in [1.54, 1.807) is 6.26 Å². The molecule has 1 nitrogen and oxygen atoms in total. The Labute approximate surface area is 43.5 Å². The average Bonchev–Trinajstić information content (AvgIpc) is 1.72. The van der Waals surface area contributed by atoms with Gasteiger partial charge in [-0.15, -0.1) is 0 Å². The summed E-state index contributed by atoms with van der Waals surface area (Å²) in [7, 11) is 0. The Balaban J connectivity index is 2.26. The first-order valence-electron chi connectivity index (χ1n) is 1.88. The Hall–Kier alpha value is 0.0595. The van der Waals surface area contributed by atoms with E-state index in [1.807, 2.05) is 0 Å². The summed E-state index contributed by atoms with van der Waals surface area (Å²) in [4.78, 5) is 2.11. The molecule has 0 saturated carbocycles. The van der Waals surface area contributed by atoms with E-state index in [-0.39, 0.29) is 0 Å². The maximum absolute atomic E-state index is 4.90. The fourth-order valence-electron chi connectivity index (χ4n) is 0.311. The summed E-state index contributed by atoms with van der Waals surface area (Å²) in [5.74, 6) is 0. The van der Waals surface area contributed by atoms with Gasteiger partial charge in [0.15, 0.2) is 0 Å². The molecule has 1 aliphatic rings. The molecule has 0 bridgehead atoms. The zero-order valence-corrected chi connectivity index (χ0v) is 5.10. The van der Waals surface area contributed by atoms with E-state index in [9.17, 15) is 0 Å². The van der Waals surface area contributed by atoms with E-state index in [1.165, 1.54) is 5.32 Å². The van der Waals surface area contributed by atoms with Crippen LogP contribution in [0.3, 0.4) is 0 Å². The van der Waals surface area contributed by atoms with Crippen LogP contribution in [0.4, 0.5) is 0 Å². The Morgan fingerprint density at radius 1 is 1.67 bits per heavy atom. The molecule has 6 heavy (non-hydrogen) atoms. The van der Waals surface area contributed by atoms with Gasteiger partial charge in [0, 0.05) is 0 Å². The van der Waals surface area contributed by atoms with Gasteiger partial charge in [0.25, 0.3) is 0 Å². The number of rotatable bonds is 0. The second-order valence-corrected chi connectivity index (χ2v) is 3.14. The molecule has 0 aliphatic carbocycles. The predicted molar refractivity (Wildman–Crippen MR) is 25.7 cm³/mol. The van der Waals surface area contributed by atoms with Gasteiger partial charge in [0.2, 0.25) is 0 Å². The van der Waals surface area contributed by atoms with Crippen molar-refractivity contribution in [2.24, 2.45) is 0 Å². The van der Waals surface area contributed by atoms with Crippen LogP contribution >= 0.6 is 0 Å². The molecule has 2 heteroatoms. The summed E-state index contributed by atoms with van der Waals surface area (Å²) < 4.78 is 4.90. The predicted octanol–water partition coefficient (Wildman–Crippen LogP) is 0.610. The van der Waals surface area contributed by atoms with Crippen molar-refractivity contribution in [3.8, 4) is 0 Å². The molecule has 34 valence electrons. The molecule has 1 aliphatic heterocycles. The minimum atomic E-state index is 0.748. The van der Waals surface area contributed by atoms with Gasteiger partial charge in [-0.05, 0) is 0 Å². The summed E-state index contributed by atoms with van der Waals surface area (Å²) in [5.41, 5.74) is 0. The van der Waals surface area contributed by atoms with Crippen molar-refractivity contribution in [1.82, 2.24) is 0 Å². The first kappa shape index (κ1) is 4.22. The molecular formula is C4H6OSe. The average molecular weight is 149 g/mol. The molecule has 0 fully saturated rings. The molecule has 0 atom stereocenters. The number of hydrogen-bond donors (Lipinski definition) is 0. The molecule has 1 rings (SSSR count). The SMILES string of the molecule is C1=C[Se]CCO1. The van der Waals surface area contributed by atoms with Crippen LogP contribution in [-0.4, -0.2) is 21.6 Å². The van der Waals surface area contributed by atoms with E-state index >= 15 is 0 Å². The van der Waals surface area contributed by atoms with Crippen molar-refractivity contribution in [3.05, 3.63) is 11.2 Å². The summed E-state index contributed by atoms with van der Waals surface area (Å²) in [6.07, 6.45) is 1.80. The number of ether oxygens (including phenoxy) is 1. The van der Waals surface area contributed by atoms with Crippen LogP contribution in [0.25, 0.3) is 0 Å². The molecule has 0 amide bonds. The standard InChI is InChI=1S/C4H6OSe/c1-3-6-4-2-5-1/h1,3H,2,4H2. The topological polar surface area (TPSA) is 9.23 Å². The van der Waals surface area contributed by atoms with E-state index in [4.69, 9.17) is 4.74 Å². The van der Waals surface area contributed by atoms with Crippen LogP contribution in [0.2, 0.25) is 5.32 Å². The number of hydrogen-bond acceptors (Lipinski definition) is 1. The molecule has 0 aromatic carbocycles. The first-order valence-corrected chi connectivity index (χ1v) is 4.08. The summed E-state index contributed by atoms with van der Waals surface area (Å²) >= 11 is 0.748. The van der Waals surface area contributed by atoms with E-state index in [2.05, 4.69) is 4.97 Å². The van der Waals surface area contributed by atoms with E-state index in [0.29, 0.717) is 0 Å². The molecule has 0 aromatic rings. The Bertz CT molecular complexity index is 52.6. The molecule has 0 saturated heterocycles. The third-order valence-electron chi connectivity index (χ3n) is 0.567. The summed E-state index contributed by atoms with van der Waals surface area (Å²) in [6.45, 7) is 0.941. The van der Waals surface area contributed by atoms with Gasteiger partial charge in [0.1, 0.15) is 0 Å². The van der Waals surface area contributed by atoms with Crippen LogP contribution < -0.4 is 0 Å². The van der Waals surface area contributed by atoms with Gasteiger partial charge < -0.3 is 0 Å². The quantitative estimate of drug-likeness (QED) is 0.458. The van der Waals surface area contributed by atoms with Crippen molar-refractivity contribution in [1.29, 1.82) is 0 Å².